The summed E-state index contributed by atoms with van der Waals surface area (Å²) < 4.78 is 0. The van der Waals surface area contributed by atoms with Crippen molar-refractivity contribution in [1.29, 1.82) is 0 Å². The highest BCUT2D eigenvalue weighted by Gasteiger charge is 2.60. The van der Waals surface area contributed by atoms with Gasteiger partial charge in [0.25, 0.3) is 0 Å². The van der Waals surface area contributed by atoms with E-state index in [4.69, 9.17) is 0 Å². The first-order chi connectivity index (χ1) is 10.4. The number of Topliss-reactive ketones (excluding diaryl/α,β-unsaturated/α-hetero) is 1. The molecule has 0 saturated heterocycles. The van der Waals surface area contributed by atoms with Crippen LogP contribution in [0.3, 0.4) is 0 Å². The molecule has 0 bridgehead atoms. The Labute approximate surface area is 133 Å². The Balaban J connectivity index is 1.80. The zero-order valence-corrected chi connectivity index (χ0v) is 14.2. The zero-order chi connectivity index (χ0) is 15.7. The van der Waals surface area contributed by atoms with E-state index in [-0.39, 0.29) is 17.3 Å². The van der Waals surface area contributed by atoms with E-state index in [0.29, 0.717) is 29.3 Å². The quantitative estimate of drug-likeness (QED) is 0.667. The second-order valence-corrected chi connectivity index (χ2v) is 9.03. The maximum Gasteiger partial charge on any atom is 0.159 e. The average Bonchev–Trinajstić information content (AvgIpc) is 2.76. The number of hydrogen-bond acceptors (Lipinski definition) is 2. The van der Waals surface area contributed by atoms with E-state index < -0.39 is 0 Å². The highest BCUT2D eigenvalue weighted by Crippen LogP contribution is 2.64. The molecule has 0 aliphatic heterocycles. The van der Waals surface area contributed by atoms with Gasteiger partial charge in [0.05, 0.1) is 5.41 Å². The molecule has 0 spiro atoms. The van der Waals surface area contributed by atoms with E-state index in [9.17, 15) is 9.59 Å². The molecule has 2 nitrogen and oxygen atoms in total. The Morgan fingerprint density at radius 2 is 1.91 bits per heavy atom. The van der Waals surface area contributed by atoms with Crippen molar-refractivity contribution >= 4 is 11.6 Å². The molecule has 3 saturated carbocycles. The van der Waals surface area contributed by atoms with Gasteiger partial charge >= 0.3 is 0 Å². The third kappa shape index (κ3) is 1.73. The standard InChI is InChI=1S/C20H28O2/c1-12-9-15-18-14(7-8-19(15,2)11-12)20(3)13(10-16(18)21)5-4-6-17(20)22/h10,12,14-15,18H,4-9,11H2,1-3H3/t12?,14-,15+,18-,19-,20+/m1/s1. The first-order valence-electron chi connectivity index (χ1n) is 9.14. The molecule has 4 aliphatic carbocycles. The van der Waals surface area contributed by atoms with Crippen LogP contribution in [0.25, 0.3) is 0 Å². The molecular weight excluding hydrogens is 272 g/mol. The van der Waals surface area contributed by atoms with E-state index >= 15 is 0 Å². The maximum absolute atomic E-state index is 12.9. The Bertz CT molecular complexity index is 574. The minimum atomic E-state index is -0.329. The lowest BCUT2D eigenvalue weighted by Crippen LogP contribution is -2.54. The van der Waals surface area contributed by atoms with Crippen molar-refractivity contribution in [2.24, 2.45) is 34.5 Å². The number of ketones is 2. The average molecular weight is 300 g/mol. The van der Waals surface area contributed by atoms with E-state index in [0.717, 1.165) is 30.8 Å². The van der Waals surface area contributed by atoms with Crippen LogP contribution in [-0.4, -0.2) is 11.6 Å². The predicted octanol–water partition coefficient (Wildman–Crippen LogP) is 4.33. The van der Waals surface area contributed by atoms with Gasteiger partial charge in [-0.15, -0.1) is 0 Å². The van der Waals surface area contributed by atoms with Gasteiger partial charge in [0.1, 0.15) is 5.78 Å². The second kappa shape index (κ2) is 4.55. The fourth-order valence-electron chi connectivity index (χ4n) is 6.68. The van der Waals surface area contributed by atoms with Gasteiger partial charge < -0.3 is 0 Å². The number of allylic oxidation sites excluding steroid dienone is 2. The molecule has 0 N–H and O–H groups in total. The van der Waals surface area contributed by atoms with Crippen LogP contribution in [0, 0.1) is 34.5 Å². The molecular formula is C20H28O2. The number of rotatable bonds is 0. The summed E-state index contributed by atoms with van der Waals surface area (Å²) in [5.41, 5.74) is 1.16. The van der Waals surface area contributed by atoms with Crippen molar-refractivity contribution < 1.29 is 9.59 Å². The van der Waals surface area contributed by atoms with Crippen LogP contribution in [0.4, 0.5) is 0 Å². The van der Waals surface area contributed by atoms with Crippen LogP contribution >= 0.6 is 0 Å². The summed E-state index contributed by atoms with van der Waals surface area (Å²) in [6.07, 6.45) is 9.20. The van der Waals surface area contributed by atoms with Crippen LogP contribution in [0.2, 0.25) is 0 Å². The molecule has 1 unspecified atom stereocenters. The second-order valence-electron chi connectivity index (χ2n) is 9.03. The number of carbonyl (C=O) groups is 2. The molecule has 120 valence electrons. The molecule has 0 aromatic rings. The van der Waals surface area contributed by atoms with E-state index in [2.05, 4.69) is 20.8 Å². The Morgan fingerprint density at radius 3 is 2.68 bits per heavy atom. The largest absolute Gasteiger partial charge is 0.299 e. The number of hydrogen-bond donors (Lipinski definition) is 0. The fraction of sp³-hybridized carbons (Fsp3) is 0.800. The predicted molar refractivity (Wildman–Crippen MR) is 86.3 cm³/mol. The van der Waals surface area contributed by atoms with E-state index in [1.807, 2.05) is 6.08 Å². The van der Waals surface area contributed by atoms with Crippen molar-refractivity contribution in [1.82, 2.24) is 0 Å². The van der Waals surface area contributed by atoms with E-state index in [1.165, 1.54) is 19.3 Å². The van der Waals surface area contributed by atoms with Gasteiger partial charge in [0.2, 0.25) is 0 Å². The van der Waals surface area contributed by atoms with E-state index in [1.54, 1.807) is 0 Å². The highest BCUT2D eigenvalue weighted by molar-refractivity contribution is 6.00. The van der Waals surface area contributed by atoms with Gasteiger partial charge in [-0.1, -0.05) is 19.4 Å². The third-order valence-corrected chi connectivity index (χ3v) is 7.74. The highest BCUT2D eigenvalue weighted by atomic mass is 16.1. The summed E-state index contributed by atoms with van der Waals surface area (Å²) in [5.74, 6) is 2.36. The molecule has 0 radical (unpaired) electrons. The van der Waals surface area contributed by atoms with Gasteiger partial charge in [0, 0.05) is 12.3 Å². The lowest BCUT2D eigenvalue weighted by molar-refractivity contribution is -0.142. The molecule has 0 aromatic heterocycles. The Kier molecular flexibility index (Phi) is 3.03. The van der Waals surface area contributed by atoms with Crippen molar-refractivity contribution in [3.63, 3.8) is 0 Å². The van der Waals surface area contributed by atoms with Crippen LogP contribution in [0.1, 0.15) is 65.7 Å². The summed E-state index contributed by atoms with van der Waals surface area (Å²) in [7, 11) is 0. The summed E-state index contributed by atoms with van der Waals surface area (Å²) in [6.45, 7) is 6.89. The van der Waals surface area contributed by atoms with Gasteiger partial charge in [-0.25, -0.2) is 0 Å². The van der Waals surface area contributed by atoms with Gasteiger partial charge in [0.15, 0.2) is 5.78 Å². The minimum absolute atomic E-state index is 0.111. The lowest BCUT2D eigenvalue weighted by Gasteiger charge is -2.54. The molecule has 4 rings (SSSR count). The summed E-state index contributed by atoms with van der Waals surface area (Å²) in [5, 5.41) is 0. The Morgan fingerprint density at radius 1 is 1.14 bits per heavy atom. The summed E-state index contributed by atoms with van der Waals surface area (Å²) in [6, 6.07) is 0. The van der Waals surface area contributed by atoms with Crippen LogP contribution < -0.4 is 0 Å². The van der Waals surface area contributed by atoms with Gasteiger partial charge in [-0.2, -0.15) is 0 Å². The molecule has 0 amide bonds. The van der Waals surface area contributed by atoms with Crippen molar-refractivity contribution in [3.05, 3.63) is 11.6 Å². The topological polar surface area (TPSA) is 34.1 Å². The van der Waals surface area contributed by atoms with Gasteiger partial charge in [-0.3, -0.25) is 9.59 Å². The van der Waals surface area contributed by atoms with Crippen LogP contribution in [0.5, 0.6) is 0 Å². The maximum atomic E-state index is 12.9. The van der Waals surface area contributed by atoms with Gasteiger partial charge in [-0.05, 0) is 74.7 Å². The first kappa shape index (κ1) is 14.7. The molecule has 0 heterocycles. The molecule has 0 aromatic carbocycles. The minimum Gasteiger partial charge on any atom is -0.299 e. The normalized spacial score (nSPS) is 51.0. The number of fused-ring (bicyclic) bond motifs is 5. The molecule has 6 atom stereocenters. The third-order valence-electron chi connectivity index (χ3n) is 7.74. The van der Waals surface area contributed by atoms with Crippen molar-refractivity contribution in [2.45, 2.75) is 65.7 Å². The smallest absolute Gasteiger partial charge is 0.159 e. The Hall–Kier alpha value is -0.920. The fourth-order valence-corrected chi connectivity index (χ4v) is 6.68. The summed E-state index contributed by atoms with van der Waals surface area (Å²) >= 11 is 0. The monoisotopic (exact) mass is 300 g/mol. The zero-order valence-electron chi connectivity index (χ0n) is 14.2. The lowest BCUT2D eigenvalue weighted by atomic mass is 9.47. The van der Waals surface area contributed by atoms with Crippen LogP contribution in [0.15, 0.2) is 11.6 Å². The molecule has 4 aliphatic rings. The summed E-state index contributed by atoms with van der Waals surface area (Å²) in [4.78, 5) is 25.7. The molecule has 22 heavy (non-hydrogen) atoms. The number of carbonyl (C=O) groups excluding carboxylic acids is 2. The van der Waals surface area contributed by atoms with Crippen molar-refractivity contribution in [2.75, 3.05) is 0 Å². The molecule has 2 heteroatoms. The van der Waals surface area contributed by atoms with Crippen molar-refractivity contribution in [3.8, 4) is 0 Å². The molecule has 3 fully saturated rings. The SMILES string of the molecule is CC1C[C@H]2[C@@H]3C(=O)C=C4CCCC(=O)[C@]4(C)[C@@H]3CC[C@]2(C)C1. The van der Waals surface area contributed by atoms with Crippen LogP contribution in [-0.2, 0) is 9.59 Å². The first-order valence-corrected chi connectivity index (χ1v) is 9.14.